The summed E-state index contributed by atoms with van der Waals surface area (Å²) in [5.74, 6) is 0.726. The van der Waals surface area contributed by atoms with E-state index in [0.717, 1.165) is 5.82 Å². The predicted octanol–water partition coefficient (Wildman–Crippen LogP) is 0.193. The predicted molar refractivity (Wildman–Crippen MR) is 68.3 cm³/mol. The van der Waals surface area contributed by atoms with Gasteiger partial charge in [-0.1, -0.05) is 0 Å². The average Bonchev–Trinajstić information content (AvgIpc) is 2.38. The highest BCUT2D eigenvalue weighted by Crippen LogP contribution is 2.13. The van der Waals surface area contributed by atoms with Gasteiger partial charge < -0.3 is 19.8 Å². The maximum absolute atomic E-state index is 9.05. The first-order valence-electron chi connectivity index (χ1n) is 6.06. The van der Waals surface area contributed by atoms with E-state index in [1.165, 1.54) is 0 Å². The Labute approximate surface area is 107 Å². The van der Waals surface area contributed by atoms with Gasteiger partial charge in [-0.25, -0.2) is 4.98 Å². The molecule has 0 bridgehead atoms. The molecule has 1 aromatic heterocycles. The van der Waals surface area contributed by atoms with E-state index in [1.807, 2.05) is 4.90 Å². The van der Waals surface area contributed by atoms with Crippen LogP contribution in [0.5, 0.6) is 0 Å². The smallest absolute Gasteiger partial charge is 0.147 e. The molecule has 0 fully saturated rings. The average molecular weight is 255 g/mol. The number of aliphatic hydroxyl groups is 2. The minimum atomic E-state index is -0.117. The van der Waals surface area contributed by atoms with Gasteiger partial charge in [0.15, 0.2) is 0 Å². The number of hydrogen-bond donors (Lipinski definition) is 2. The van der Waals surface area contributed by atoms with Crippen LogP contribution in [-0.2, 0) is 11.3 Å². The molecule has 6 heteroatoms. The van der Waals surface area contributed by atoms with Crippen molar-refractivity contribution in [1.29, 1.82) is 0 Å². The van der Waals surface area contributed by atoms with Gasteiger partial charge in [-0.15, -0.1) is 0 Å². The summed E-state index contributed by atoms with van der Waals surface area (Å²) in [6.45, 7) is 5.55. The number of aliphatic hydroxyl groups excluding tert-OH is 2. The zero-order valence-corrected chi connectivity index (χ0v) is 10.9. The second-order valence-electron chi connectivity index (χ2n) is 4.15. The Bertz CT molecular complexity index is 347. The van der Waals surface area contributed by atoms with Gasteiger partial charge in [0, 0.05) is 12.6 Å². The Morgan fingerprint density at radius 1 is 1.28 bits per heavy atom. The van der Waals surface area contributed by atoms with Crippen LogP contribution in [0.2, 0.25) is 0 Å². The van der Waals surface area contributed by atoms with E-state index in [4.69, 9.17) is 14.9 Å². The topological polar surface area (TPSA) is 78.7 Å². The van der Waals surface area contributed by atoms with E-state index in [1.54, 1.807) is 12.4 Å². The molecular formula is C12H21N3O3. The molecule has 18 heavy (non-hydrogen) atoms. The fraction of sp³-hybridized carbons (Fsp3) is 0.667. The first-order chi connectivity index (χ1) is 8.69. The van der Waals surface area contributed by atoms with Crippen molar-refractivity contribution in [3.05, 3.63) is 18.1 Å². The summed E-state index contributed by atoms with van der Waals surface area (Å²) >= 11 is 0. The van der Waals surface area contributed by atoms with E-state index in [2.05, 4.69) is 23.8 Å². The third-order valence-corrected chi connectivity index (χ3v) is 2.46. The van der Waals surface area contributed by atoms with Crippen LogP contribution in [0.1, 0.15) is 19.5 Å². The Hall–Kier alpha value is -1.24. The van der Waals surface area contributed by atoms with Crippen LogP contribution in [-0.4, -0.2) is 52.6 Å². The van der Waals surface area contributed by atoms with Crippen molar-refractivity contribution in [3.8, 4) is 0 Å². The number of ether oxygens (including phenoxy) is 1. The minimum absolute atomic E-state index is 0.0292. The van der Waals surface area contributed by atoms with Crippen LogP contribution in [0, 0.1) is 0 Å². The summed E-state index contributed by atoms with van der Waals surface area (Å²) in [5.41, 5.74) is 0.550. The molecule has 0 aliphatic carbocycles. The summed E-state index contributed by atoms with van der Waals surface area (Å²) in [6, 6.07) is 0.256. The molecule has 1 rings (SSSR count). The standard InChI is InChI=1S/C12H21N3O3/c1-10(2)15(3-5-18-6-4-16)12-8-13-7-11(9-17)14-12/h7-8,10,16-17H,3-6,9H2,1-2H3. The van der Waals surface area contributed by atoms with Crippen LogP contribution < -0.4 is 4.90 Å². The van der Waals surface area contributed by atoms with Crippen molar-refractivity contribution >= 4 is 5.82 Å². The molecule has 2 N–H and O–H groups in total. The van der Waals surface area contributed by atoms with Crippen LogP contribution in [0.25, 0.3) is 0 Å². The molecule has 0 radical (unpaired) electrons. The summed E-state index contributed by atoms with van der Waals surface area (Å²) in [5, 5.41) is 17.7. The van der Waals surface area contributed by atoms with Crippen molar-refractivity contribution < 1.29 is 14.9 Å². The Kier molecular flexibility index (Phi) is 6.56. The molecule has 0 amide bonds. The van der Waals surface area contributed by atoms with Crippen molar-refractivity contribution in [3.63, 3.8) is 0 Å². The van der Waals surface area contributed by atoms with Crippen LogP contribution in [0.4, 0.5) is 5.82 Å². The lowest BCUT2D eigenvalue weighted by molar-refractivity contribution is 0.0960. The molecule has 0 saturated carbocycles. The molecule has 1 heterocycles. The van der Waals surface area contributed by atoms with Gasteiger partial charge >= 0.3 is 0 Å². The van der Waals surface area contributed by atoms with Crippen molar-refractivity contribution in [2.24, 2.45) is 0 Å². The van der Waals surface area contributed by atoms with Gasteiger partial charge in [0.1, 0.15) is 5.82 Å². The second kappa shape index (κ2) is 7.97. The highest BCUT2D eigenvalue weighted by molar-refractivity contribution is 5.37. The van der Waals surface area contributed by atoms with E-state index in [9.17, 15) is 0 Å². The quantitative estimate of drug-likeness (QED) is 0.646. The van der Waals surface area contributed by atoms with Gasteiger partial charge in [-0.3, -0.25) is 4.98 Å². The van der Waals surface area contributed by atoms with Gasteiger partial charge in [-0.2, -0.15) is 0 Å². The normalized spacial score (nSPS) is 10.9. The van der Waals surface area contributed by atoms with E-state index < -0.39 is 0 Å². The molecule has 0 spiro atoms. The van der Waals surface area contributed by atoms with Crippen molar-refractivity contribution in [1.82, 2.24) is 9.97 Å². The van der Waals surface area contributed by atoms with E-state index in [0.29, 0.717) is 25.5 Å². The SMILES string of the molecule is CC(C)N(CCOCCO)c1cncc(CO)n1. The number of anilines is 1. The molecule has 0 aliphatic rings. The highest BCUT2D eigenvalue weighted by Gasteiger charge is 2.12. The molecule has 1 aromatic rings. The third-order valence-electron chi connectivity index (χ3n) is 2.46. The zero-order valence-electron chi connectivity index (χ0n) is 10.9. The Morgan fingerprint density at radius 3 is 2.67 bits per heavy atom. The molecule has 102 valence electrons. The minimum Gasteiger partial charge on any atom is -0.394 e. The number of hydrogen-bond acceptors (Lipinski definition) is 6. The lowest BCUT2D eigenvalue weighted by Crippen LogP contribution is -2.35. The molecule has 0 atom stereocenters. The zero-order chi connectivity index (χ0) is 13.4. The molecule has 6 nitrogen and oxygen atoms in total. The Balaban J connectivity index is 2.65. The third kappa shape index (κ3) is 4.56. The summed E-state index contributed by atoms with van der Waals surface area (Å²) in [7, 11) is 0. The van der Waals surface area contributed by atoms with Crippen molar-refractivity contribution in [2.45, 2.75) is 26.5 Å². The Morgan fingerprint density at radius 2 is 2.06 bits per heavy atom. The first-order valence-corrected chi connectivity index (χ1v) is 6.06. The fourth-order valence-corrected chi connectivity index (χ4v) is 1.58. The second-order valence-corrected chi connectivity index (χ2v) is 4.15. The largest absolute Gasteiger partial charge is 0.394 e. The molecule has 0 saturated heterocycles. The lowest BCUT2D eigenvalue weighted by atomic mass is 10.3. The van der Waals surface area contributed by atoms with Crippen LogP contribution in [0.3, 0.4) is 0 Å². The van der Waals surface area contributed by atoms with E-state index >= 15 is 0 Å². The summed E-state index contributed by atoms with van der Waals surface area (Å²) < 4.78 is 5.25. The van der Waals surface area contributed by atoms with Gasteiger partial charge in [0.2, 0.25) is 0 Å². The van der Waals surface area contributed by atoms with Gasteiger partial charge in [0.25, 0.3) is 0 Å². The number of nitrogens with zero attached hydrogens (tertiary/aromatic N) is 3. The fourth-order valence-electron chi connectivity index (χ4n) is 1.58. The lowest BCUT2D eigenvalue weighted by Gasteiger charge is -2.27. The molecular weight excluding hydrogens is 234 g/mol. The number of aromatic nitrogens is 2. The van der Waals surface area contributed by atoms with Crippen LogP contribution in [0.15, 0.2) is 12.4 Å². The first kappa shape index (κ1) is 14.8. The van der Waals surface area contributed by atoms with Crippen LogP contribution >= 0.6 is 0 Å². The summed E-state index contributed by atoms with van der Waals surface area (Å²) in [4.78, 5) is 10.4. The monoisotopic (exact) mass is 255 g/mol. The maximum atomic E-state index is 9.05. The van der Waals surface area contributed by atoms with Gasteiger partial charge in [-0.05, 0) is 13.8 Å². The molecule has 0 aliphatic heterocycles. The van der Waals surface area contributed by atoms with E-state index in [-0.39, 0.29) is 19.3 Å². The summed E-state index contributed by atoms with van der Waals surface area (Å²) in [6.07, 6.45) is 3.22. The molecule has 0 unspecified atom stereocenters. The highest BCUT2D eigenvalue weighted by atomic mass is 16.5. The number of rotatable bonds is 8. The molecule has 0 aromatic carbocycles. The maximum Gasteiger partial charge on any atom is 0.147 e. The van der Waals surface area contributed by atoms with Gasteiger partial charge in [0.05, 0.1) is 44.5 Å². The van der Waals surface area contributed by atoms with Crippen molar-refractivity contribution in [2.75, 3.05) is 31.3 Å².